The molecule has 7 heteroatoms. The Balaban J connectivity index is 2.08. The van der Waals surface area contributed by atoms with E-state index in [0.717, 1.165) is 24.2 Å². The van der Waals surface area contributed by atoms with Crippen LogP contribution in [-0.4, -0.2) is 26.8 Å². The van der Waals surface area contributed by atoms with E-state index in [4.69, 9.17) is 9.52 Å². The lowest BCUT2D eigenvalue weighted by Crippen LogP contribution is -2.13. The van der Waals surface area contributed by atoms with E-state index in [1.165, 1.54) is 16.9 Å². The van der Waals surface area contributed by atoms with Crippen LogP contribution in [0.5, 0.6) is 0 Å². The Hall–Kier alpha value is -2.57. The zero-order chi connectivity index (χ0) is 15.4. The van der Waals surface area contributed by atoms with Crippen molar-refractivity contribution in [2.24, 2.45) is 0 Å². The normalized spacial score (nSPS) is 10.6. The van der Waals surface area contributed by atoms with Gasteiger partial charge in [0.25, 0.3) is 5.91 Å². The third-order valence-electron chi connectivity index (χ3n) is 3.00. The summed E-state index contributed by atoms with van der Waals surface area (Å²) < 4.78 is 6.75. The van der Waals surface area contributed by atoms with E-state index >= 15 is 0 Å². The molecule has 0 saturated heterocycles. The van der Waals surface area contributed by atoms with E-state index in [9.17, 15) is 9.59 Å². The first-order valence-corrected chi connectivity index (χ1v) is 6.71. The van der Waals surface area contributed by atoms with Gasteiger partial charge in [-0.1, -0.05) is 13.8 Å². The Morgan fingerprint density at radius 3 is 2.71 bits per heavy atom. The molecule has 7 nitrogen and oxygen atoms in total. The second-order valence-electron chi connectivity index (χ2n) is 4.51. The molecule has 112 valence electrons. The number of aliphatic carboxylic acids is 1. The summed E-state index contributed by atoms with van der Waals surface area (Å²) in [5, 5.41) is 15.2. The minimum Gasteiger partial charge on any atom is -0.480 e. The van der Waals surface area contributed by atoms with Gasteiger partial charge in [0.15, 0.2) is 11.6 Å². The van der Waals surface area contributed by atoms with Crippen molar-refractivity contribution in [1.82, 2.24) is 9.78 Å². The molecule has 2 N–H and O–H groups in total. The number of carboxylic acid groups (broad SMARTS) is 1. The summed E-state index contributed by atoms with van der Waals surface area (Å²) in [5.74, 6) is -0.0727. The highest BCUT2D eigenvalue weighted by atomic mass is 16.4. The number of nitrogens with zero attached hydrogens (tertiary/aromatic N) is 2. The number of aryl methyl sites for hydroxylation is 2. The maximum atomic E-state index is 12.1. The average molecular weight is 291 g/mol. The van der Waals surface area contributed by atoms with Crippen molar-refractivity contribution in [1.29, 1.82) is 0 Å². The van der Waals surface area contributed by atoms with Crippen LogP contribution in [0, 0.1) is 0 Å². The van der Waals surface area contributed by atoms with Gasteiger partial charge in [-0.05, 0) is 18.1 Å². The highest BCUT2D eigenvalue weighted by molar-refractivity contribution is 6.01. The molecule has 0 saturated carbocycles. The number of anilines is 1. The SMILES string of the molecule is CCc1cc(C(=O)Nc2ccn(CC(=O)O)n2)oc1CC. The number of furan rings is 1. The predicted octanol–water partition coefficient (Wildman–Crippen LogP) is 1.94. The van der Waals surface area contributed by atoms with Crippen LogP contribution in [0.2, 0.25) is 0 Å². The fraction of sp³-hybridized carbons (Fsp3) is 0.357. The number of amides is 1. The predicted molar refractivity (Wildman–Crippen MR) is 75.3 cm³/mol. The van der Waals surface area contributed by atoms with Crippen LogP contribution in [0.15, 0.2) is 22.7 Å². The third-order valence-corrected chi connectivity index (χ3v) is 3.00. The van der Waals surface area contributed by atoms with Crippen molar-refractivity contribution < 1.29 is 19.1 Å². The van der Waals surface area contributed by atoms with Gasteiger partial charge in [-0.15, -0.1) is 0 Å². The van der Waals surface area contributed by atoms with Crippen LogP contribution in [0.3, 0.4) is 0 Å². The topological polar surface area (TPSA) is 97.4 Å². The highest BCUT2D eigenvalue weighted by Crippen LogP contribution is 2.18. The minimum atomic E-state index is -0.998. The van der Waals surface area contributed by atoms with Crippen molar-refractivity contribution in [2.75, 3.05) is 5.32 Å². The summed E-state index contributed by atoms with van der Waals surface area (Å²) in [7, 11) is 0. The summed E-state index contributed by atoms with van der Waals surface area (Å²) in [5.41, 5.74) is 1.01. The molecular formula is C14H17N3O4. The van der Waals surface area contributed by atoms with Crippen molar-refractivity contribution in [2.45, 2.75) is 33.2 Å². The van der Waals surface area contributed by atoms with E-state index in [2.05, 4.69) is 10.4 Å². The van der Waals surface area contributed by atoms with Gasteiger partial charge < -0.3 is 14.8 Å². The van der Waals surface area contributed by atoms with Crippen LogP contribution in [0.4, 0.5) is 5.82 Å². The summed E-state index contributed by atoms with van der Waals surface area (Å²) in [4.78, 5) is 22.6. The Morgan fingerprint density at radius 2 is 2.14 bits per heavy atom. The summed E-state index contributed by atoms with van der Waals surface area (Å²) in [6, 6.07) is 3.26. The van der Waals surface area contributed by atoms with Gasteiger partial charge in [0.05, 0.1) is 0 Å². The maximum Gasteiger partial charge on any atom is 0.325 e. The Labute approximate surface area is 121 Å². The lowest BCUT2D eigenvalue weighted by Gasteiger charge is -1.99. The molecular weight excluding hydrogens is 274 g/mol. The number of carbonyl (C=O) groups excluding carboxylic acids is 1. The average Bonchev–Trinajstić information content (AvgIpc) is 3.04. The fourth-order valence-electron chi connectivity index (χ4n) is 2.01. The summed E-state index contributed by atoms with van der Waals surface area (Å²) in [6.45, 7) is 3.71. The Kier molecular flexibility index (Phi) is 4.42. The molecule has 0 atom stereocenters. The molecule has 1 amide bonds. The molecule has 2 aromatic heterocycles. The number of hydrogen-bond donors (Lipinski definition) is 2. The number of nitrogens with one attached hydrogen (secondary N) is 1. The smallest absolute Gasteiger partial charge is 0.325 e. The van der Waals surface area contributed by atoms with Gasteiger partial charge in [0.1, 0.15) is 12.3 Å². The van der Waals surface area contributed by atoms with E-state index in [-0.39, 0.29) is 18.1 Å². The zero-order valence-electron chi connectivity index (χ0n) is 11.9. The molecule has 0 fully saturated rings. The van der Waals surface area contributed by atoms with Crippen LogP contribution in [0.1, 0.15) is 35.7 Å². The molecule has 0 aromatic carbocycles. The third kappa shape index (κ3) is 3.50. The molecule has 0 radical (unpaired) electrons. The molecule has 0 aliphatic carbocycles. The van der Waals surface area contributed by atoms with Gasteiger partial charge in [0, 0.05) is 18.7 Å². The lowest BCUT2D eigenvalue weighted by atomic mass is 10.1. The molecule has 0 spiro atoms. The van der Waals surface area contributed by atoms with Crippen molar-refractivity contribution in [3.8, 4) is 0 Å². The summed E-state index contributed by atoms with van der Waals surface area (Å²) >= 11 is 0. The van der Waals surface area contributed by atoms with Crippen LogP contribution < -0.4 is 5.32 Å². The van der Waals surface area contributed by atoms with Crippen LogP contribution in [-0.2, 0) is 24.2 Å². The maximum absolute atomic E-state index is 12.1. The number of hydrogen-bond acceptors (Lipinski definition) is 4. The first kappa shape index (κ1) is 14.8. The molecule has 2 heterocycles. The van der Waals surface area contributed by atoms with E-state index in [1.54, 1.807) is 6.07 Å². The second kappa shape index (κ2) is 6.25. The van der Waals surface area contributed by atoms with Gasteiger partial charge >= 0.3 is 5.97 Å². The Morgan fingerprint density at radius 1 is 1.38 bits per heavy atom. The van der Waals surface area contributed by atoms with E-state index < -0.39 is 11.9 Å². The molecule has 21 heavy (non-hydrogen) atoms. The van der Waals surface area contributed by atoms with Gasteiger partial charge in [-0.2, -0.15) is 5.10 Å². The van der Waals surface area contributed by atoms with E-state index in [1.807, 2.05) is 13.8 Å². The molecule has 0 aliphatic heterocycles. The van der Waals surface area contributed by atoms with Crippen LogP contribution in [0.25, 0.3) is 0 Å². The zero-order valence-corrected chi connectivity index (χ0v) is 11.9. The largest absolute Gasteiger partial charge is 0.480 e. The molecule has 0 bridgehead atoms. The monoisotopic (exact) mass is 291 g/mol. The van der Waals surface area contributed by atoms with Crippen molar-refractivity contribution >= 4 is 17.7 Å². The number of carbonyl (C=O) groups is 2. The lowest BCUT2D eigenvalue weighted by molar-refractivity contribution is -0.137. The highest BCUT2D eigenvalue weighted by Gasteiger charge is 2.16. The Bertz CT molecular complexity index is 635. The first-order chi connectivity index (χ1) is 10.0. The van der Waals surface area contributed by atoms with Gasteiger partial charge in [-0.25, -0.2) is 0 Å². The minimum absolute atomic E-state index is 0.233. The van der Waals surface area contributed by atoms with Gasteiger partial charge in [0.2, 0.25) is 0 Å². The quantitative estimate of drug-likeness (QED) is 0.847. The van der Waals surface area contributed by atoms with Crippen molar-refractivity contribution in [3.63, 3.8) is 0 Å². The second-order valence-corrected chi connectivity index (χ2v) is 4.51. The molecule has 2 aromatic rings. The fourth-order valence-corrected chi connectivity index (χ4v) is 2.01. The standard InChI is InChI=1S/C14H17N3O4/c1-3-9-7-11(21-10(9)4-2)14(20)15-12-5-6-17(16-12)8-13(18)19/h5-7H,3-4,8H2,1-2H3,(H,18,19)(H,15,16,20). The molecule has 2 rings (SSSR count). The van der Waals surface area contributed by atoms with Crippen LogP contribution >= 0.6 is 0 Å². The van der Waals surface area contributed by atoms with Gasteiger partial charge in [-0.3, -0.25) is 14.3 Å². The summed E-state index contributed by atoms with van der Waals surface area (Å²) in [6.07, 6.45) is 3.01. The van der Waals surface area contributed by atoms with Crippen molar-refractivity contribution in [3.05, 3.63) is 35.4 Å². The molecule has 0 aliphatic rings. The first-order valence-electron chi connectivity index (χ1n) is 6.71. The number of carboxylic acids is 1. The number of rotatable bonds is 6. The number of aromatic nitrogens is 2. The molecule has 0 unspecified atom stereocenters. The van der Waals surface area contributed by atoms with E-state index in [0.29, 0.717) is 0 Å².